The van der Waals surface area contributed by atoms with E-state index in [1.54, 1.807) is 12.1 Å². The van der Waals surface area contributed by atoms with Crippen LogP contribution in [0.4, 0.5) is 0 Å². The predicted octanol–water partition coefficient (Wildman–Crippen LogP) is 1.68. The standard InChI is InChI=1S/C14H22ClN3O/c1-2-17-5-7-18(8-6-17)13(10-16)12-9-11(15)3-4-14(12)19/h3-4,9,13,19H,2,5-8,10,16H2,1H3. The lowest BCUT2D eigenvalue weighted by molar-refractivity contribution is 0.101. The van der Waals surface area contributed by atoms with Crippen LogP contribution in [0.5, 0.6) is 5.75 Å². The number of benzene rings is 1. The number of nitrogens with two attached hydrogens (primary N) is 1. The molecule has 3 N–H and O–H groups in total. The van der Waals surface area contributed by atoms with Gasteiger partial charge in [0.15, 0.2) is 0 Å². The van der Waals surface area contributed by atoms with E-state index >= 15 is 0 Å². The van der Waals surface area contributed by atoms with Crippen LogP contribution in [0, 0.1) is 0 Å². The molecule has 106 valence electrons. The van der Waals surface area contributed by atoms with E-state index in [4.69, 9.17) is 17.3 Å². The van der Waals surface area contributed by atoms with Crippen molar-refractivity contribution in [2.45, 2.75) is 13.0 Å². The molecule has 0 bridgehead atoms. The Morgan fingerprint density at radius 2 is 2.00 bits per heavy atom. The van der Waals surface area contributed by atoms with Gasteiger partial charge in [0.05, 0.1) is 6.04 Å². The smallest absolute Gasteiger partial charge is 0.120 e. The first-order valence-electron chi connectivity index (χ1n) is 6.80. The fraction of sp³-hybridized carbons (Fsp3) is 0.571. The molecule has 0 aromatic heterocycles. The molecule has 0 radical (unpaired) electrons. The van der Waals surface area contributed by atoms with Gasteiger partial charge in [0.1, 0.15) is 5.75 Å². The number of likely N-dealkylation sites (N-methyl/N-ethyl adjacent to an activating group) is 1. The lowest BCUT2D eigenvalue weighted by Crippen LogP contribution is -2.48. The van der Waals surface area contributed by atoms with E-state index in [1.165, 1.54) is 0 Å². The van der Waals surface area contributed by atoms with Gasteiger partial charge in [-0.15, -0.1) is 0 Å². The molecule has 5 heteroatoms. The Morgan fingerprint density at radius 1 is 1.32 bits per heavy atom. The van der Waals surface area contributed by atoms with Crippen LogP contribution in [0.3, 0.4) is 0 Å². The zero-order chi connectivity index (χ0) is 13.8. The Balaban J connectivity index is 2.14. The molecular formula is C14H22ClN3O. The quantitative estimate of drug-likeness (QED) is 0.883. The van der Waals surface area contributed by atoms with Crippen LogP contribution in [0.1, 0.15) is 18.5 Å². The zero-order valence-electron chi connectivity index (χ0n) is 11.3. The van der Waals surface area contributed by atoms with Crippen LogP contribution in [0.25, 0.3) is 0 Å². The lowest BCUT2D eigenvalue weighted by Gasteiger charge is -2.38. The van der Waals surface area contributed by atoms with Gasteiger partial charge in [-0.05, 0) is 24.7 Å². The topological polar surface area (TPSA) is 52.7 Å². The number of aromatic hydroxyl groups is 1. The molecule has 0 spiro atoms. The first kappa shape index (κ1) is 14.6. The molecule has 1 unspecified atom stereocenters. The van der Waals surface area contributed by atoms with E-state index in [9.17, 15) is 5.11 Å². The molecular weight excluding hydrogens is 262 g/mol. The Kier molecular flexibility index (Phi) is 5.05. The van der Waals surface area contributed by atoms with Crippen molar-refractivity contribution >= 4 is 11.6 Å². The fourth-order valence-corrected chi connectivity index (χ4v) is 2.84. The molecule has 0 amide bonds. The summed E-state index contributed by atoms with van der Waals surface area (Å²) in [5.41, 5.74) is 6.75. The first-order valence-corrected chi connectivity index (χ1v) is 7.18. The average Bonchev–Trinajstić information content (AvgIpc) is 2.44. The van der Waals surface area contributed by atoms with E-state index < -0.39 is 0 Å². The van der Waals surface area contributed by atoms with Gasteiger partial charge in [0.25, 0.3) is 0 Å². The number of halogens is 1. The van der Waals surface area contributed by atoms with Crippen molar-refractivity contribution in [1.82, 2.24) is 9.80 Å². The lowest BCUT2D eigenvalue weighted by atomic mass is 10.0. The summed E-state index contributed by atoms with van der Waals surface area (Å²) < 4.78 is 0. The fourth-order valence-electron chi connectivity index (χ4n) is 2.66. The highest BCUT2D eigenvalue weighted by molar-refractivity contribution is 6.30. The molecule has 19 heavy (non-hydrogen) atoms. The number of phenolic OH excluding ortho intramolecular Hbond substituents is 1. The largest absolute Gasteiger partial charge is 0.508 e. The molecule has 1 atom stereocenters. The van der Waals surface area contributed by atoms with Gasteiger partial charge in [-0.2, -0.15) is 0 Å². The van der Waals surface area contributed by atoms with Crippen LogP contribution in [-0.4, -0.2) is 54.2 Å². The maximum absolute atomic E-state index is 10.0. The maximum Gasteiger partial charge on any atom is 0.120 e. The molecule has 1 fully saturated rings. The van der Waals surface area contributed by atoms with Crippen molar-refractivity contribution in [2.75, 3.05) is 39.3 Å². The van der Waals surface area contributed by atoms with Gasteiger partial charge in [0, 0.05) is 43.3 Å². The number of rotatable bonds is 4. The van der Waals surface area contributed by atoms with E-state index in [2.05, 4.69) is 16.7 Å². The first-order chi connectivity index (χ1) is 9.15. The summed E-state index contributed by atoms with van der Waals surface area (Å²) in [4.78, 5) is 4.75. The van der Waals surface area contributed by atoms with E-state index in [1.807, 2.05) is 6.07 Å². The maximum atomic E-state index is 10.0. The van der Waals surface area contributed by atoms with Crippen molar-refractivity contribution < 1.29 is 5.11 Å². The van der Waals surface area contributed by atoms with Crippen molar-refractivity contribution in [3.63, 3.8) is 0 Å². The minimum Gasteiger partial charge on any atom is -0.508 e. The van der Waals surface area contributed by atoms with Gasteiger partial charge in [0.2, 0.25) is 0 Å². The van der Waals surface area contributed by atoms with Gasteiger partial charge in [-0.25, -0.2) is 0 Å². The summed E-state index contributed by atoms with van der Waals surface area (Å²) in [6.45, 7) is 7.80. The molecule has 1 saturated heterocycles. The third kappa shape index (κ3) is 3.39. The van der Waals surface area contributed by atoms with E-state index in [-0.39, 0.29) is 11.8 Å². The highest BCUT2D eigenvalue weighted by atomic mass is 35.5. The average molecular weight is 284 g/mol. The zero-order valence-corrected chi connectivity index (χ0v) is 12.1. The summed E-state index contributed by atoms with van der Waals surface area (Å²) in [5, 5.41) is 10.7. The second-order valence-corrected chi connectivity index (χ2v) is 5.36. The van der Waals surface area contributed by atoms with Crippen LogP contribution in [0.2, 0.25) is 5.02 Å². The second-order valence-electron chi connectivity index (χ2n) is 4.92. The number of hydrogen-bond acceptors (Lipinski definition) is 4. The SMILES string of the molecule is CCN1CCN(C(CN)c2cc(Cl)ccc2O)CC1. The van der Waals surface area contributed by atoms with E-state index in [0.29, 0.717) is 11.6 Å². The molecule has 1 aliphatic rings. The Hall–Kier alpha value is -0.810. The molecule has 1 aliphatic heterocycles. The number of nitrogens with zero attached hydrogens (tertiary/aromatic N) is 2. The Labute approximate surface area is 119 Å². The number of phenols is 1. The van der Waals surface area contributed by atoms with Crippen molar-refractivity contribution in [3.8, 4) is 5.75 Å². The monoisotopic (exact) mass is 283 g/mol. The summed E-state index contributed by atoms with van der Waals surface area (Å²) in [5.74, 6) is 0.276. The molecule has 1 heterocycles. The summed E-state index contributed by atoms with van der Waals surface area (Å²) in [7, 11) is 0. The molecule has 4 nitrogen and oxygen atoms in total. The van der Waals surface area contributed by atoms with Crippen LogP contribution < -0.4 is 5.73 Å². The van der Waals surface area contributed by atoms with Gasteiger partial charge in [-0.1, -0.05) is 18.5 Å². The number of piperazine rings is 1. The van der Waals surface area contributed by atoms with Crippen molar-refractivity contribution in [3.05, 3.63) is 28.8 Å². The van der Waals surface area contributed by atoms with Gasteiger partial charge < -0.3 is 15.7 Å². The van der Waals surface area contributed by atoms with Crippen LogP contribution in [-0.2, 0) is 0 Å². The number of hydrogen-bond donors (Lipinski definition) is 2. The summed E-state index contributed by atoms with van der Waals surface area (Å²) >= 11 is 6.02. The minimum atomic E-state index is 0.0395. The Bertz CT molecular complexity index is 419. The predicted molar refractivity (Wildman–Crippen MR) is 78.6 cm³/mol. The normalized spacial score (nSPS) is 19.5. The third-order valence-electron chi connectivity index (χ3n) is 3.87. The second kappa shape index (κ2) is 6.57. The van der Waals surface area contributed by atoms with Gasteiger partial charge in [-0.3, -0.25) is 4.90 Å². The van der Waals surface area contributed by atoms with Crippen molar-refractivity contribution in [2.24, 2.45) is 5.73 Å². The van der Waals surface area contributed by atoms with Gasteiger partial charge >= 0.3 is 0 Å². The Morgan fingerprint density at radius 3 is 2.58 bits per heavy atom. The van der Waals surface area contributed by atoms with Crippen molar-refractivity contribution in [1.29, 1.82) is 0 Å². The molecule has 0 saturated carbocycles. The highest BCUT2D eigenvalue weighted by Gasteiger charge is 2.25. The van der Waals surface area contributed by atoms with E-state index in [0.717, 1.165) is 38.3 Å². The molecule has 1 aromatic rings. The highest BCUT2D eigenvalue weighted by Crippen LogP contribution is 2.31. The van der Waals surface area contributed by atoms with Crippen LogP contribution in [0.15, 0.2) is 18.2 Å². The summed E-state index contributed by atoms with van der Waals surface area (Å²) in [6.07, 6.45) is 0. The molecule has 1 aromatic carbocycles. The molecule has 0 aliphatic carbocycles. The van der Waals surface area contributed by atoms with Crippen LogP contribution >= 0.6 is 11.6 Å². The summed E-state index contributed by atoms with van der Waals surface area (Å²) in [6, 6.07) is 5.20. The minimum absolute atomic E-state index is 0.0395. The molecule has 2 rings (SSSR count). The third-order valence-corrected chi connectivity index (χ3v) is 4.10.